The minimum Gasteiger partial charge on any atom is -0.352 e. The number of nitrogens with one attached hydrogen (secondary N) is 1. The monoisotopic (exact) mass is 340 g/mol. The highest BCUT2D eigenvalue weighted by molar-refractivity contribution is 7.22. The molecule has 0 aliphatic carbocycles. The predicted octanol–water partition coefficient (Wildman–Crippen LogP) is 2.44. The molecule has 2 amide bonds. The summed E-state index contributed by atoms with van der Waals surface area (Å²) in [7, 11) is 0. The summed E-state index contributed by atoms with van der Waals surface area (Å²) in [5.41, 5.74) is 0.908. The number of anilines is 2. The van der Waals surface area contributed by atoms with Crippen molar-refractivity contribution in [2.24, 2.45) is 0 Å². The molecule has 0 radical (unpaired) electrons. The lowest BCUT2D eigenvalue weighted by atomic mass is 10.3. The standard InChI is InChI=1S/C16H16N6OS/c23-16(20-15-19-12-3-1-2-4-13(12)24-15)22-9-7-21(8-10-22)14-11-17-5-6-18-14/h1-6,11H,7-10H2,(H,19,20,23). The first-order chi connectivity index (χ1) is 11.8. The van der Waals surface area contributed by atoms with Gasteiger partial charge in [0.25, 0.3) is 0 Å². The second-order valence-corrected chi connectivity index (χ2v) is 6.49. The van der Waals surface area contributed by atoms with Crippen LogP contribution in [0.2, 0.25) is 0 Å². The van der Waals surface area contributed by atoms with Gasteiger partial charge in [-0.25, -0.2) is 14.8 Å². The highest BCUT2D eigenvalue weighted by Crippen LogP contribution is 2.25. The van der Waals surface area contributed by atoms with Gasteiger partial charge in [0.1, 0.15) is 5.82 Å². The Morgan fingerprint density at radius 2 is 1.96 bits per heavy atom. The van der Waals surface area contributed by atoms with E-state index in [0.29, 0.717) is 18.2 Å². The molecule has 7 nitrogen and oxygen atoms in total. The van der Waals surface area contributed by atoms with Gasteiger partial charge in [-0.15, -0.1) is 0 Å². The number of thiazole rings is 1. The van der Waals surface area contributed by atoms with Crippen molar-refractivity contribution in [3.63, 3.8) is 0 Å². The Kier molecular flexibility index (Phi) is 3.96. The molecule has 4 rings (SSSR count). The van der Waals surface area contributed by atoms with Crippen molar-refractivity contribution in [3.8, 4) is 0 Å². The van der Waals surface area contributed by atoms with Crippen molar-refractivity contribution in [3.05, 3.63) is 42.9 Å². The number of rotatable bonds is 2. The molecular formula is C16H16N6OS. The summed E-state index contributed by atoms with van der Waals surface area (Å²) in [6.45, 7) is 2.78. The topological polar surface area (TPSA) is 74.2 Å². The van der Waals surface area contributed by atoms with Crippen LogP contribution in [0.1, 0.15) is 0 Å². The van der Waals surface area contributed by atoms with Crippen LogP contribution < -0.4 is 10.2 Å². The van der Waals surface area contributed by atoms with Crippen molar-refractivity contribution in [2.75, 3.05) is 36.4 Å². The number of carbonyl (C=O) groups is 1. The van der Waals surface area contributed by atoms with Crippen molar-refractivity contribution < 1.29 is 4.79 Å². The number of hydrogen-bond acceptors (Lipinski definition) is 6. The van der Waals surface area contributed by atoms with Gasteiger partial charge in [0, 0.05) is 38.6 Å². The minimum atomic E-state index is -0.104. The average Bonchev–Trinajstić information content (AvgIpc) is 3.05. The third-order valence-corrected chi connectivity index (χ3v) is 4.90. The van der Waals surface area contributed by atoms with Crippen molar-refractivity contribution >= 4 is 38.5 Å². The number of carbonyl (C=O) groups excluding carboxylic acids is 1. The molecular weight excluding hydrogens is 324 g/mol. The van der Waals surface area contributed by atoms with Gasteiger partial charge in [-0.3, -0.25) is 10.3 Å². The molecule has 1 aromatic carbocycles. The number of aromatic nitrogens is 3. The van der Waals surface area contributed by atoms with E-state index in [2.05, 4.69) is 25.2 Å². The number of para-hydroxylation sites is 1. The van der Waals surface area contributed by atoms with Gasteiger partial charge in [-0.1, -0.05) is 23.5 Å². The molecule has 2 aromatic heterocycles. The highest BCUT2D eigenvalue weighted by atomic mass is 32.1. The average molecular weight is 340 g/mol. The Morgan fingerprint density at radius 3 is 2.71 bits per heavy atom. The van der Waals surface area contributed by atoms with E-state index in [9.17, 15) is 4.79 Å². The fraction of sp³-hybridized carbons (Fsp3) is 0.250. The van der Waals surface area contributed by atoms with Crippen LogP contribution >= 0.6 is 11.3 Å². The number of urea groups is 1. The van der Waals surface area contributed by atoms with Gasteiger partial charge in [0.15, 0.2) is 5.13 Å². The largest absolute Gasteiger partial charge is 0.352 e. The summed E-state index contributed by atoms with van der Waals surface area (Å²) in [6, 6.07) is 7.76. The maximum Gasteiger partial charge on any atom is 0.323 e. The molecule has 1 fully saturated rings. The molecule has 122 valence electrons. The van der Waals surface area contributed by atoms with Crippen LogP contribution in [-0.2, 0) is 0 Å². The van der Waals surface area contributed by atoms with Crippen LogP contribution in [0.3, 0.4) is 0 Å². The second kappa shape index (κ2) is 6.40. The first-order valence-corrected chi connectivity index (χ1v) is 8.54. The lowest BCUT2D eigenvalue weighted by Gasteiger charge is -2.34. The van der Waals surface area contributed by atoms with E-state index in [-0.39, 0.29) is 6.03 Å². The summed E-state index contributed by atoms with van der Waals surface area (Å²) in [5, 5.41) is 3.54. The molecule has 24 heavy (non-hydrogen) atoms. The lowest BCUT2D eigenvalue weighted by Crippen LogP contribution is -2.50. The highest BCUT2D eigenvalue weighted by Gasteiger charge is 2.22. The molecule has 1 N–H and O–H groups in total. The van der Waals surface area contributed by atoms with Gasteiger partial charge >= 0.3 is 6.03 Å². The smallest absolute Gasteiger partial charge is 0.323 e. The Bertz CT molecular complexity index is 811. The molecule has 1 aliphatic heterocycles. The predicted molar refractivity (Wildman–Crippen MR) is 94.5 cm³/mol. The maximum absolute atomic E-state index is 12.4. The van der Waals surface area contributed by atoms with E-state index in [1.54, 1.807) is 23.5 Å². The van der Waals surface area contributed by atoms with Gasteiger partial charge < -0.3 is 9.80 Å². The van der Waals surface area contributed by atoms with Crippen LogP contribution in [0.4, 0.5) is 15.7 Å². The number of hydrogen-bond donors (Lipinski definition) is 1. The van der Waals surface area contributed by atoms with Crippen LogP contribution in [0.15, 0.2) is 42.9 Å². The zero-order valence-corrected chi connectivity index (χ0v) is 13.7. The Balaban J connectivity index is 1.37. The summed E-state index contributed by atoms with van der Waals surface area (Å²) in [6.07, 6.45) is 5.09. The number of amides is 2. The molecule has 3 aromatic rings. The normalized spacial score (nSPS) is 14.8. The van der Waals surface area contributed by atoms with E-state index >= 15 is 0 Å². The molecule has 0 bridgehead atoms. The number of nitrogens with zero attached hydrogens (tertiary/aromatic N) is 5. The number of piperazine rings is 1. The lowest BCUT2D eigenvalue weighted by molar-refractivity contribution is 0.208. The molecule has 1 saturated heterocycles. The first kappa shape index (κ1) is 14.8. The fourth-order valence-electron chi connectivity index (χ4n) is 2.69. The van der Waals surface area contributed by atoms with Gasteiger partial charge in [0.05, 0.1) is 16.4 Å². The zero-order chi connectivity index (χ0) is 16.4. The zero-order valence-electron chi connectivity index (χ0n) is 12.9. The molecule has 8 heteroatoms. The fourth-order valence-corrected chi connectivity index (χ4v) is 3.54. The molecule has 0 spiro atoms. The van der Waals surface area contributed by atoms with Crippen LogP contribution in [-0.4, -0.2) is 52.1 Å². The number of benzene rings is 1. The van der Waals surface area contributed by atoms with Gasteiger partial charge in [-0.2, -0.15) is 0 Å². The molecule has 0 saturated carbocycles. The third-order valence-electron chi connectivity index (χ3n) is 3.95. The van der Waals surface area contributed by atoms with Crippen molar-refractivity contribution in [1.82, 2.24) is 19.9 Å². The summed E-state index contributed by atoms with van der Waals surface area (Å²) < 4.78 is 1.07. The van der Waals surface area contributed by atoms with E-state index in [1.165, 1.54) is 11.3 Å². The van der Waals surface area contributed by atoms with Gasteiger partial charge in [-0.05, 0) is 12.1 Å². The summed E-state index contributed by atoms with van der Waals surface area (Å²) >= 11 is 1.49. The Morgan fingerprint density at radius 1 is 1.12 bits per heavy atom. The molecule has 1 aliphatic rings. The van der Waals surface area contributed by atoms with E-state index in [1.807, 2.05) is 24.3 Å². The third kappa shape index (κ3) is 3.00. The van der Waals surface area contributed by atoms with Crippen LogP contribution in [0.5, 0.6) is 0 Å². The van der Waals surface area contributed by atoms with Gasteiger partial charge in [0.2, 0.25) is 0 Å². The maximum atomic E-state index is 12.4. The van der Waals surface area contributed by atoms with E-state index in [0.717, 1.165) is 29.1 Å². The SMILES string of the molecule is O=C(Nc1nc2ccccc2s1)N1CCN(c2cnccn2)CC1. The molecule has 0 unspecified atom stereocenters. The number of fused-ring (bicyclic) bond motifs is 1. The quantitative estimate of drug-likeness (QED) is 0.775. The Labute approximate surface area is 143 Å². The van der Waals surface area contributed by atoms with Crippen molar-refractivity contribution in [1.29, 1.82) is 0 Å². The van der Waals surface area contributed by atoms with E-state index < -0.39 is 0 Å². The minimum absolute atomic E-state index is 0.104. The van der Waals surface area contributed by atoms with Crippen LogP contribution in [0.25, 0.3) is 10.2 Å². The van der Waals surface area contributed by atoms with E-state index in [4.69, 9.17) is 0 Å². The second-order valence-electron chi connectivity index (χ2n) is 5.45. The van der Waals surface area contributed by atoms with Crippen LogP contribution in [0, 0.1) is 0 Å². The van der Waals surface area contributed by atoms with Crippen molar-refractivity contribution in [2.45, 2.75) is 0 Å². The molecule has 3 heterocycles. The molecule has 0 atom stereocenters. The summed E-state index contributed by atoms with van der Waals surface area (Å²) in [4.78, 5) is 29.2. The Hall–Kier alpha value is -2.74. The first-order valence-electron chi connectivity index (χ1n) is 7.72. The summed E-state index contributed by atoms with van der Waals surface area (Å²) in [5.74, 6) is 0.851.